The summed E-state index contributed by atoms with van der Waals surface area (Å²) < 4.78 is 29.1. The second kappa shape index (κ2) is 5.79. The van der Waals surface area contributed by atoms with Crippen molar-refractivity contribution >= 4 is 0 Å². The summed E-state index contributed by atoms with van der Waals surface area (Å²) in [4.78, 5) is 23.5. The molecule has 1 aromatic heterocycles. The third-order valence-electron chi connectivity index (χ3n) is 2.88. The highest BCUT2D eigenvalue weighted by molar-refractivity contribution is 5.20. The molecule has 0 spiro atoms. The first kappa shape index (κ1) is 14.1. The highest BCUT2D eigenvalue weighted by Gasteiger charge is 2.11. The predicted molar refractivity (Wildman–Crippen MR) is 69.5 cm³/mol. The standard InChI is InChI=1S/C13H13F2N3O2/c14-10-2-1-3-11(15)9(10)8-17-6-4-12(19)18(7-5-16)13(17)20/h1-4,6H,5,7-8,16H2. The first-order chi connectivity index (χ1) is 9.54. The molecular formula is C13H13F2N3O2. The molecule has 2 N–H and O–H groups in total. The van der Waals surface area contributed by atoms with Gasteiger partial charge in [0, 0.05) is 30.9 Å². The number of hydrogen-bond donors (Lipinski definition) is 1. The number of hydrogen-bond acceptors (Lipinski definition) is 3. The highest BCUT2D eigenvalue weighted by atomic mass is 19.1. The molecule has 2 rings (SSSR count). The third kappa shape index (κ3) is 2.67. The Balaban J connectivity index is 2.48. The zero-order valence-electron chi connectivity index (χ0n) is 10.6. The van der Waals surface area contributed by atoms with Crippen molar-refractivity contribution in [2.24, 2.45) is 5.73 Å². The fourth-order valence-corrected chi connectivity index (χ4v) is 1.87. The summed E-state index contributed by atoms with van der Waals surface area (Å²) >= 11 is 0. The minimum Gasteiger partial charge on any atom is -0.329 e. The Morgan fingerprint density at radius 1 is 1.10 bits per heavy atom. The lowest BCUT2D eigenvalue weighted by atomic mass is 10.2. The summed E-state index contributed by atoms with van der Waals surface area (Å²) in [5, 5.41) is 0. The van der Waals surface area contributed by atoms with E-state index in [4.69, 9.17) is 5.73 Å². The number of aromatic nitrogens is 2. The number of rotatable bonds is 4. The molecule has 0 unspecified atom stereocenters. The molecule has 5 nitrogen and oxygen atoms in total. The van der Waals surface area contributed by atoms with Crippen LogP contribution in [-0.4, -0.2) is 15.7 Å². The van der Waals surface area contributed by atoms with Crippen LogP contribution in [0.5, 0.6) is 0 Å². The van der Waals surface area contributed by atoms with Crippen LogP contribution >= 0.6 is 0 Å². The van der Waals surface area contributed by atoms with Crippen molar-refractivity contribution in [3.8, 4) is 0 Å². The predicted octanol–water partition coefficient (Wildman–Crippen LogP) is 0.295. The molecule has 0 saturated heterocycles. The maximum atomic E-state index is 13.6. The first-order valence-electron chi connectivity index (χ1n) is 5.98. The van der Waals surface area contributed by atoms with Crippen LogP contribution in [0.4, 0.5) is 8.78 Å². The third-order valence-corrected chi connectivity index (χ3v) is 2.88. The second-order valence-corrected chi connectivity index (χ2v) is 4.20. The average Bonchev–Trinajstić information content (AvgIpc) is 2.41. The van der Waals surface area contributed by atoms with Gasteiger partial charge in [-0.25, -0.2) is 13.6 Å². The SMILES string of the molecule is NCCn1c(=O)ccn(Cc2c(F)cccc2F)c1=O. The van der Waals surface area contributed by atoms with Gasteiger partial charge in [-0.2, -0.15) is 0 Å². The van der Waals surface area contributed by atoms with E-state index < -0.39 is 22.9 Å². The van der Waals surface area contributed by atoms with Gasteiger partial charge in [0.15, 0.2) is 0 Å². The van der Waals surface area contributed by atoms with E-state index in [1.54, 1.807) is 0 Å². The summed E-state index contributed by atoms with van der Waals surface area (Å²) in [5.74, 6) is -1.48. The molecule has 0 radical (unpaired) electrons. The maximum Gasteiger partial charge on any atom is 0.331 e. The molecule has 1 heterocycles. The summed E-state index contributed by atoms with van der Waals surface area (Å²) in [6.45, 7) is -0.117. The van der Waals surface area contributed by atoms with Crippen molar-refractivity contribution < 1.29 is 8.78 Å². The van der Waals surface area contributed by atoms with Gasteiger partial charge in [-0.15, -0.1) is 0 Å². The van der Waals surface area contributed by atoms with Crippen LogP contribution in [0.1, 0.15) is 5.56 Å². The molecule has 0 aliphatic rings. The van der Waals surface area contributed by atoms with Crippen LogP contribution in [0, 0.1) is 11.6 Å². The van der Waals surface area contributed by atoms with E-state index in [1.807, 2.05) is 0 Å². The molecule has 20 heavy (non-hydrogen) atoms. The number of benzene rings is 1. The topological polar surface area (TPSA) is 70.0 Å². The number of halogens is 2. The Kier molecular flexibility index (Phi) is 4.09. The highest BCUT2D eigenvalue weighted by Crippen LogP contribution is 2.12. The van der Waals surface area contributed by atoms with Gasteiger partial charge in [-0.05, 0) is 12.1 Å². The minimum atomic E-state index is -0.742. The van der Waals surface area contributed by atoms with Gasteiger partial charge in [0.05, 0.1) is 6.54 Å². The molecule has 2 aromatic rings. The fourth-order valence-electron chi connectivity index (χ4n) is 1.87. The minimum absolute atomic E-state index is 0.0538. The van der Waals surface area contributed by atoms with Crippen LogP contribution in [-0.2, 0) is 13.1 Å². The van der Waals surface area contributed by atoms with Gasteiger partial charge in [0.25, 0.3) is 5.56 Å². The van der Waals surface area contributed by atoms with Crippen molar-refractivity contribution in [1.82, 2.24) is 9.13 Å². The lowest BCUT2D eigenvalue weighted by molar-refractivity contribution is 0.524. The van der Waals surface area contributed by atoms with E-state index in [-0.39, 0.29) is 25.2 Å². The molecule has 0 atom stereocenters. The van der Waals surface area contributed by atoms with E-state index in [1.165, 1.54) is 12.3 Å². The van der Waals surface area contributed by atoms with Gasteiger partial charge in [0.1, 0.15) is 11.6 Å². The molecule has 0 amide bonds. The molecule has 106 valence electrons. The van der Waals surface area contributed by atoms with Crippen molar-refractivity contribution in [3.63, 3.8) is 0 Å². The number of nitrogens with zero attached hydrogens (tertiary/aromatic N) is 2. The molecule has 0 bridgehead atoms. The summed E-state index contributed by atoms with van der Waals surface area (Å²) in [5.41, 5.74) is 3.95. The van der Waals surface area contributed by atoms with Gasteiger partial charge in [-0.3, -0.25) is 13.9 Å². The largest absolute Gasteiger partial charge is 0.331 e. The van der Waals surface area contributed by atoms with E-state index in [0.717, 1.165) is 27.3 Å². The van der Waals surface area contributed by atoms with Crippen molar-refractivity contribution in [1.29, 1.82) is 0 Å². The van der Waals surface area contributed by atoms with Gasteiger partial charge >= 0.3 is 5.69 Å². The Morgan fingerprint density at radius 2 is 1.75 bits per heavy atom. The van der Waals surface area contributed by atoms with Crippen LogP contribution in [0.25, 0.3) is 0 Å². The zero-order chi connectivity index (χ0) is 14.7. The van der Waals surface area contributed by atoms with Crippen LogP contribution in [0.2, 0.25) is 0 Å². The van der Waals surface area contributed by atoms with Crippen molar-refractivity contribution in [3.05, 3.63) is 68.5 Å². The quantitative estimate of drug-likeness (QED) is 0.876. The van der Waals surface area contributed by atoms with Gasteiger partial charge < -0.3 is 5.73 Å². The lowest BCUT2D eigenvalue weighted by Crippen LogP contribution is -2.40. The van der Waals surface area contributed by atoms with Gasteiger partial charge in [0.2, 0.25) is 0 Å². The molecular weight excluding hydrogens is 268 g/mol. The maximum absolute atomic E-state index is 13.6. The molecule has 7 heteroatoms. The molecule has 0 saturated carbocycles. The number of nitrogens with two attached hydrogens (primary N) is 1. The van der Waals surface area contributed by atoms with E-state index >= 15 is 0 Å². The summed E-state index contributed by atoms with van der Waals surface area (Å²) in [6.07, 6.45) is 1.21. The molecule has 0 aliphatic heterocycles. The zero-order valence-corrected chi connectivity index (χ0v) is 10.6. The first-order valence-corrected chi connectivity index (χ1v) is 5.98. The molecule has 0 fully saturated rings. The van der Waals surface area contributed by atoms with Crippen LogP contribution in [0.15, 0.2) is 40.1 Å². The van der Waals surface area contributed by atoms with Crippen molar-refractivity contribution in [2.75, 3.05) is 6.54 Å². The fraction of sp³-hybridized carbons (Fsp3) is 0.231. The van der Waals surface area contributed by atoms with Crippen LogP contribution in [0.3, 0.4) is 0 Å². The average molecular weight is 281 g/mol. The lowest BCUT2D eigenvalue weighted by Gasteiger charge is -2.10. The van der Waals surface area contributed by atoms with Gasteiger partial charge in [-0.1, -0.05) is 6.07 Å². The van der Waals surface area contributed by atoms with E-state index in [2.05, 4.69) is 0 Å². The second-order valence-electron chi connectivity index (χ2n) is 4.20. The molecule has 1 aromatic carbocycles. The summed E-state index contributed by atoms with van der Waals surface area (Å²) in [6, 6.07) is 4.63. The Labute approximate surface area is 112 Å². The van der Waals surface area contributed by atoms with Crippen LogP contribution < -0.4 is 17.0 Å². The van der Waals surface area contributed by atoms with E-state index in [9.17, 15) is 18.4 Å². The van der Waals surface area contributed by atoms with Crippen molar-refractivity contribution in [2.45, 2.75) is 13.1 Å². The molecule has 0 aliphatic carbocycles. The summed E-state index contributed by atoms with van der Waals surface area (Å²) in [7, 11) is 0. The van der Waals surface area contributed by atoms with E-state index in [0.29, 0.717) is 0 Å². The Morgan fingerprint density at radius 3 is 2.35 bits per heavy atom. The Bertz CT molecular complexity index is 717. The Hall–Kier alpha value is -2.28. The normalized spacial score (nSPS) is 10.8. The smallest absolute Gasteiger partial charge is 0.329 e. The monoisotopic (exact) mass is 281 g/mol.